The van der Waals surface area contributed by atoms with Crippen molar-refractivity contribution < 1.29 is 19.4 Å². The van der Waals surface area contributed by atoms with E-state index in [-0.39, 0.29) is 6.61 Å². The van der Waals surface area contributed by atoms with E-state index in [0.29, 0.717) is 5.56 Å². The second-order valence-electron chi connectivity index (χ2n) is 3.05. The molecule has 86 valence electrons. The molecule has 5 nitrogen and oxygen atoms in total. The van der Waals surface area contributed by atoms with Crippen molar-refractivity contribution in [2.75, 3.05) is 6.61 Å². The molecule has 1 rings (SSSR count). The third kappa shape index (κ3) is 3.27. The summed E-state index contributed by atoms with van der Waals surface area (Å²) in [5, 5.41) is 11.2. The predicted octanol–water partition coefficient (Wildman–Crippen LogP) is 1.56. The number of ether oxygens (including phenoxy) is 1. The van der Waals surface area contributed by atoms with E-state index in [1.54, 1.807) is 37.3 Å². The number of aliphatic carboxylic acids is 1. The van der Waals surface area contributed by atoms with Crippen LogP contribution in [0, 0.1) is 0 Å². The number of hydrogen-bond acceptors (Lipinski definition) is 3. The molecule has 1 aromatic carbocycles. The van der Waals surface area contributed by atoms with Crippen molar-refractivity contribution >= 4 is 12.1 Å². The molecule has 16 heavy (non-hydrogen) atoms. The maximum absolute atomic E-state index is 11.1. The molecule has 0 aliphatic rings. The third-order valence-corrected chi connectivity index (χ3v) is 1.92. The Labute approximate surface area is 93.0 Å². The number of carbonyl (C=O) groups excluding carboxylic acids is 1. The Morgan fingerprint density at radius 2 is 2.00 bits per heavy atom. The average molecular weight is 223 g/mol. The molecule has 0 saturated heterocycles. The minimum Gasteiger partial charge on any atom is -0.479 e. The van der Waals surface area contributed by atoms with Crippen molar-refractivity contribution in [3.8, 4) is 0 Å². The highest BCUT2D eigenvalue weighted by atomic mass is 16.5. The molecule has 0 heterocycles. The van der Waals surface area contributed by atoms with Crippen LogP contribution in [0.15, 0.2) is 30.3 Å². The van der Waals surface area contributed by atoms with Gasteiger partial charge in [-0.1, -0.05) is 30.3 Å². The molecule has 2 N–H and O–H groups in total. The van der Waals surface area contributed by atoms with Gasteiger partial charge in [-0.2, -0.15) is 0 Å². The number of rotatable bonds is 4. The first kappa shape index (κ1) is 12.0. The van der Waals surface area contributed by atoms with Crippen LogP contribution in [0.5, 0.6) is 0 Å². The van der Waals surface area contributed by atoms with Crippen LogP contribution in [0.4, 0.5) is 4.79 Å². The van der Waals surface area contributed by atoms with Crippen molar-refractivity contribution in [2.45, 2.75) is 13.0 Å². The fourth-order valence-electron chi connectivity index (χ4n) is 1.22. The van der Waals surface area contributed by atoms with Gasteiger partial charge in [-0.25, -0.2) is 9.59 Å². The van der Waals surface area contributed by atoms with Gasteiger partial charge in [0, 0.05) is 0 Å². The van der Waals surface area contributed by atoms with Gasteiger partial charge in [0.05, 0.1) is 6.61 Å². The number of carboxylic acids is 1. The van der Waals surface area contributed by atoms with Gasteiger partial charge in [0.25, 0.3) is 0 Å². The number of benzene rings is 1. The summed E-state index contributed by atoms with van der Waals surface area (Å²) >= 11 is 0. The summed E-state index contributed by atoms with van der Waals surface area (Å²) in [6, 6.07) is 7.36. The summed E-state index contributed by atoms with van der Waals surface area (Å²) in [5.41, 5.74) is 0.503. The number of hydrogen-bond donors (Lipinski definition) is 2. The minimum absolute atomic E-state index is 0.201. The predicted molar refractivity (Wildman–Crippen MR) is 57.0 cm³/mol. The highest BCUT2D eigenvalue weighted by molar-refractivity contribution is 5.81. The first-order chi connectivity index (χ1) is 7.65. The second kappa shape index (κ2) is 5.75. The maximum Gasteiger partial charge on any atom is 0.408 e. The molecule has 1 unspecified atom stereocenters. The summed E-state index contributed by atoms with van der Waals surface area (Å²) in [6.07, 6.45) is -0.737. The van der Waals surface area contributed by atoms with E-state index in [9.17, 15) is 9.59 Å². The molecule has 0 saturated carbocycles. The SMILES string of the molecule is CCOC(=O)NC(C(=O)O)c1ccccc1. The number of carbonyl (C=O) groups is 2. The molecule has 0 aliphatic heterocycles. The Morgan fingerprint density at radius 3 is 2.50 bits per heavy atom. The van der Waals surface area contributed by atoms with Crippen LogP contribution in [0.2, 0.25) is 0 Å². The molecule has 0 aliphatic carbocycles. The Bertz CT molecular complexity index is 364. The fraction of sp³-hybridized carbons (Fsp3) is 0.273. The lowest BCUT2D eigenvalue weighted by atomic mass is 10.1. The van der Waals surface area contributed by atoms with Gasteiger partial charge in [0.2, 0.25) is 0 Å². The van der Waals surface area contributed by atoms with E-state index >= 15 is 0 Å². The molecule has 0 spiro atoms. The van der Waals surface area contributed by atoms with Gasteiger partial charge in [-0.05, 0) is 12.5 Å². The third-order valence-electron chi connectivity index (χ3n) is 1.92. The van der Waals surface area contributed by atoms with E-state index in [1.807, 2.05) is 0 Å². The van der Waals surface area contributed by atoms with Gasteiger partial charge in [0.15, 0.2) is 6.04 Å². The average Bonchev–Trinajstić information content (AvgIpc) is 2.27. The zero-order chi connectivity index (χ0) is 12.0. The highest BCUT2D eigenvalue weighted by Gasteiger charge is 2.21. The molecule has 0 fully saturated rings. The topological polar surface area (TPSA) is 75.6 Å². The van der Waals surface area contributed by atoms with E-state index in [2.05, 4.69) is 10.1 Å². The van der Waals surface area contributed by atoms with Gasteiger partial charge < -0.3 is 15.2 Å². The lowest BCUT2D eigenvalue weighted by Crippen LogP contribution is -2.34. The molecule has 5 heteroatoms. The Hall–Kier alpha value is -2.04. The maximum atomic E-state index is 11.1. The van der Waals surface area contributed by atoms with Crippen LogP contribution in [0.1, 0.15) is 18.5 Å². The monoisotopic (exact) mass is 223 g/mol. The molecular formula is C11H13NO4. The Morgan fingerprint density at radius 1 is 1.38 bits per heavy atom. The van der Waals surface area contributed by atoms with Crippen LogP contribution >= 0.6 is 0 Å². The van der Waals surface area contributed by atoms with Crippen LogP contribution in [0.3, 0.4) is 0 Å². The van der Waals surface area contributed by atoms with Crippen molar-refractivity contribution in [1.29, 1.82) is 0 Å². The summed E-state index contributed by atoms with van der Waals surface area (Å²) in [7, 11) is 0. The first-order valence-electron chi connectivity index (χ1n) is 4.86. The van der Waals surface area contributed by atoms with Crippen LogP contribution < -0.4 is 5.32 Å². The minimum atomic E-state index is -1.13. The van der Waals surface area contributed by atoms with Crippen LogP contribution in [0.25, 0.3) is 0 Å². The van der Waals surface area contributed by atoms with Crippen molar-refractivity contribution in [3.63, 3.8) is 0 Å². The quantitative estimate of drug-likeness (QED) is 0.812. The zero-order valence-corrected chi connectivity index (χ0v) is 8.84. The van der Waals surface area contributed by atoms with E-state index in [1.165, 1.54) is 0 Å². The molecule has 1 atom stereocenters. The summed E-state index contributed by atoms with van der Waals surface area (Å²) in [5.74, 6) is -1.13. The molecule has 0 bridgehead atoms. The number of nitrogens with one attached hydrogen (secondary N) is 1. The molecule has 1 amide bonds. The van der Waals surface area contributed by atoms with E-state index in [0.717, 1.165) is 0 Å². The van der Waals surface area contributed by atoms with Gasteiger partial charge in [-0.15, -0.1) is 0 Å². The van der Waals surface area contributed by atoms with E-state index < -0.39 is 18.1 Å². The summed E-state index contributed by atoms with van der Waals surface area (Å²) < 4.78 is 4.63. The van der Waals surface area contributed by atoms with Gasteiger partial charge >= 0.3 is 12.1 Å². The molecule has 0 aromatic heterocycles. The Kier molecular flexibility index (Phi) is 4.32. The largest absolute Gasteiger partial charge is 0.479 e. The summed E-state index contributed by atoms with van der Waals surface area (Å²) in [6.45, 7) is 1.85. The summed E-state index contributed by atoms with van der Waals surface area (Å²) in [4.78, 5) is 22.1. The van der Waals surface area contributed by atoms with Crippen LogP contribution in [-0.4, -0.2) is 23.8 Å². The number of carboxylic acid groups (broad SMARTS) is 1. The van der Waals surface area contributed by atoms with Crippen molar-refractivity contribution in [2.24, 2.45) is 0 Å². The van der Waals surface area contributed by atoms with Gasteiger partial charge in [-0.3, -0.25) is 0 Å². The number of alkyl carbamates (subject to hydrolysis) is 1. The molecule has 1 aromatic rings. The van der Waals surface area contributed by atoms with Gasteiger partial charge in [0.1, 0.15) is 0 Å². The van der Waals surface area contributed by atoms with Crippen LogP contribution in [-0.2, 0) is 9.53 Å². The first-order valence-corrected chi connectivity index (χ1v) is 4.86. The molecule has 0 radical (unpaired) electrons. The number of amides is 1. The van der Waals surface area contributed by atoms with Crippen molar-refractivity contribution in [3.05, 3.63) is 35.9 Å². The second-order valence-corrected chi connectivity index (χ2v) is 3.05. The standard InChI is InChI=1S/C11H13NO4/c1-2-16-11(15)12-9(10(13)14)8-6-4-3-5-7-8/h3-7,9H,2H2,1H3,(H,12,15)(H,13,14). The molecular weight excluding hydrogens is 210 g/mol. The zero-order valence-electron chi connectivity index (χ0n) is 8.84. The Balaban J connectivity index is 2.77. The normalized spacial score (nSPS) is 11.6. The van der Waals surface area contributed by atoms with E-state index in [4.69, 9.17) is 5.11 Å². The lowest BCUT2D eigenvalue weighted by molar-refractivity contribution is -0.139. The smallest absolute Gasteiger partial charge is 0.408 e. The fourth-order valence-corrected chi connectivity index (χ4v) is 1.22. The highest BCUT2D eigenvalue weighted by Crippen LogP contribution is 2.12. The van der Waals surface area contributed by atoms with Crippen molar-refractivity contribution in [1.82, 2.24) is 5.32 Å². The lowest BCUT2D eigenvalue weighted by Gasteiger charge is -2.14.